The van der Waals surface area contributed by atoms with E-state index in [0.29, 0.717) is 0 Å². The minimum atomic E-state index is 0.757. The molecule has 2 heteroatoms. The number of hydrogen-bond donors (Lipinski definition) is 0. The lowest BCUT2D eigenvalue weighted by Crippen LogP contribution is -2.23. The summed E-state index contributed by atoms with van der Waals surface area (Å²) in [5, 5.41) is 0. The van der Waals surface area contributed by atoms with Crippen molar-refractivity contribution in [2.75, 3.05) is 26.7 Å². The van der Waals surface area contributed by atoms with E-state index in [2.05, 4.69) is 37.9 Å². The standard InChI is InChI=1S/C12H19NO.C2H6/c1-4-13(3)9-10-14-12-7-5-11(2)6-8-12;1-2/h5-8H,4,9-10H2,1-3H3;1-2H3. The van der Waals surface area contributed by atoms with Crippen LogP contribution < -0.4 is 4.74 Å². The molecule has 0 spiro atoms. The number of aryl methyl sites for hydroxylation is 1. The topological polar surface area (TPSA) is 12.5 Å². The van der Waals surface area contributed by atoms with Gasteiger partial charge in [-0.15, -0.1) is 0 Å². The fourth-order valence-corrected chi connectivity index (χ4v) is 1.11. The Morgan fingerprint density at radius 1 is 1.12 bits per heavy atom. The van der Waals surface area contributed by atoms with Gasteiger partial charge in [-0.3, -0.25) is 0 Å². The summed E-state index contributed by atoms with van der Waals surface area (Å²) in [6, 6.07) is 8.17. The van der Waals surface area contributed by atoms with Crippen molar-refractivity contribution in [3.63, 3.8) is 0 Å². The van der Waals surface area contributed by atoms with Gasteiger partial charge in [0.1, 0.15) is 12.4 Å². The Hall–Kier alpha value is -1.02. The van der Waals surface area contributed by atoms with Crippen molar-refractivity contribution in [3.8, 4) is 5.75 Å². The fourth-order valence-electron chi connectivity index (χ4n) is 1.11. The predicted octanol–water partition coefficient (Wildman–Crippen LogP) is 3.35. The first kappa shape index (κ1) is 15.0. The SMILES string of the molecule is CC.CCN(C)CCOc1ccc(C)cc1. The van der Waals surface area contributed by atoms with Crippen molar-refractivity contribution < 1.29 is 4.74 Å². The molecule has 16 heavy (non-hydrogen) atoms. The molecule has 0 aromatic heterocycles. The Bertz CT molecular complexity index is 256. The minimum absolute atomic E-state index is 0.757. The lowest BCUT2D eigenvalue weighted by molar-refractivity contribution is 0.244. The van der Waals surface area contributed by atoms with Gasteiger partial charge in [0.25, 0.3) is 0 Å². The zero-order valence-corrected chi connectivity index (χ0v) is 11.3. The molecule has 0 fully saturated rings. The molecule has 1 rings (SSSR count). The number of likely N-dealkylation sites (N-methyl/N-ethyl adjacent to an activating group) is 1. The van der Waals surface area contributed by atoms with Crippen molar-refractivity contribution >= 4 is 0 Å². The molecule has 0 radical (unpaired) electrons. The molecule has 92 valence electrons. The molecule has 0 bridgehead atoms. The number of nitrogens with zero attached hydrogens (tertiary/aromatic N) is 1. The van der Waals surface area contributed by atoms with Crippen LogP contribution in [0.3, 0.4) is 0 Å². The second kappa shape index (κ2) is 9.22. The Labute approximate surface area is 100 Å². The number of ether oxygens (including phenoxy) is 1. The average Bonchev–Trinajstić information content (AvgIpc) is 2.34. The summed E-state index contributed by atoms with van der Waals surface area (Å²) < 4.78 is 5.59. The van der Waals surface area contributed by atoms with Crippen LogP contribution in [0.25, 0.3) is 0 Å². The molecular formula is C14H25NO. The second-order valence-corrected chi connectivity index (χ2v) is 3.56. The van der Waals surface area contributed by atoms with Gasteiger partial charge in [-0.05, 0) is 32.6 Å². The second-order valence-electron chi connectivity index (χ2n) is 3.56. The molecule has 0 heterocycles. The minimum Gasteiger partial charge on any atom is -0.492 e. The van der Waals surface area contributed by atoms with Crippen molar-refractivity contribution in [3.05, 3.63) is 29.8 Å². The van der Waals surface area contributed by atoms with E-state index >= 15 is 0 Å². The van der Waals surface area contributed by atoms with Gasteiger partial charge in [0.2, 0.25) is 0 Å². The van der Waals surface area contributed by atoms with Crippen LogP contribution in [0.15, 0.2) is 24.3 Å². The molecule has 0 saturated heterocycles. The van der Waals surface area contributed by atoms with Crippen LogP contribution in [0.5, 0.6) is 5.75 Å². The Morgan fingerprint density at radius 2 is 1.69 bits per heavy atom. The summed E-state index contributed by atoms with van der Waals surface area (Å²) in [5.74, 6) is 0.958. The van der Waals surface area contributed by atoms with Crippen LogP contribution in [-0.4, -0.2) is 31.6 Å². The van der Waals surface area contributed by atoms with Crippen LogP contribution in [0.1, 0.15) is 26.3 Å². The summed E-state index contributed by atoms with van der Waals surface area (Å²) in [7, 11) is 2.10. The van der Waals surface area contributed by atoms with Crippen molar-refractivity contribution in [2.24, 2.45) is 0 Å². The van der Waals surface area contributed by atoms with E-state index in [1.807, 2.05) is 26.0 Å². The number of benzene rings is 1. The fraction of sp³-hybridized carbons (Fsp3) is 0.571. The van der Waals surface area contributed by atoms with Gasteiger partial charge in [-0.2, -0.15) is 0 Å². The van der Waals surface area contributed by atoms with E-state index in [-0.39, 0.29) is 0 Å². The summed E-state index contributed by atoms with van der Waals surface area (Å²) >= 11 is 0. The highest BCUT2D eigenvalue weighted by Gasteiger charge is 1.95. The molecule has 0 N–H and O–H groups in total. The summed E-state index contributed by atoms with van der Waals surface area (Å²) in [6.45, 7) is 11.0. The van der Waals surface area contributed by atoms with E-state index < -0.39 is 0 Å². The molecular weight excluding hydrogens is 198 g/mol. The smallest absolute Gasteiger partial charge is 0.119 e. The van der Waals surface area contributed by atoms with Gasteiger partial charge in [0, 0.05) is 6.54 Å². The Kier molecular flexibility index (Phi) is 8.64. The highest BCUT2D eigenvalue weighted by atomic mass is 16.5. The van der Waals surface area contributed by atoms with Gasteiger partial charge in [0.05, 0.1) is 0 Å². The molecule has 1 aromatic carbocycles. The number of hydrogen-bond acceptors (Lipinski definition) is 2. The van der Waals surface area contributed by atoms with Crippen molar-refractivity contribution in [1.29, 1.82) is 0 Å². The highest BCUT2D eigenvalue weighted by molar-refractivity contribution is 5.26. The largest absolute Gasteiger partial charge is 0.492 e. The summed E-state index contributed by atoms with van der Waals surface area (Å²) in [5.41, 5.74) is 1.27. The van der Waals surface area contributed by atoms with Crippen LogP contribution in [0, 0.1) is 6.92 Å². The average molecular weight is 223 g/mol. The predicted molar refractivity (Wildman–Crippen MR) is 71.2 cm³/mol. The third kappa shape index (κ3) is 6.46. The molecule has 2 nitrogen and oxygen atoms in total. The molecule has 0 saturated carbocycles. The maximum atomic E-state index is 5.59. The third-order valence-corrected chi connectivity index (χ3v) is 2.30. The molecule has 0 aliphatic rings. The molecule has 0 amide bonds. The number of rotatable bonds is 5. The summed E-state index contributed by atoms with van der Waals surface area (Å²) in [4.78, 5) is 2.23. The molecule has 0 aliphatic carbocycles. The Balaban J connectivity index is 0.00000106. The Morgan fingerprint density at radius 3 is 2.19 bits per heavy atom. The van der Waals surface area contributed by atoms with E-state index in [1.54, 1.807) is 0 Å². The first-order valence-electron chi connectivity index (χ1n) is 6.10. The zero-order chi connectivity index (χ0) is 12.4. The van der Waals surface area contributed by atoms with Crippen LogP contribution in [0.2, 0.25) is 0 Å². The van der Waals surface area contributed by atoms with Gasteiger partial charge in [0.15, 0.2) is 0 Å². The first-order chi connectivity index (χ1) is 7.72. The molecule has 1 aromatic rings. The normalized spacial score (nSPS) is 9.62. The molecule has 0 unspecified atom stereocenters. The van der Waals surface area contributed by atoms with E-state index in [9.17, 15) is 0 Å². The van der Waals surface area contributed by atoms with Gasteiger partial charge in [-0.1, -0.05) is 38.5 Å². The molecule has 0 atom stereocenters. The van der Waals surface area contributed by atoms with Gasteiger partial charge < -0.3 is 9.64 Å². The van der Waals surface area contributed by atoms with E-state index in [1.165, 1.54) is 5.56 Å². The van der Waals surface area contributed by atoms with Gasteiger partial charge in [-0.25, -0.2) is 0 Å². The van der Waals surface area contributed by atoms with Crippen molar-refractivity contribution in [2.45, 2.75) is 27.7 Å². The zero-order valence-electron chi connectivity index (χ0n) is 11.3. The van der Waals surface area contributed by atoms with Crippen LogP contribution >= 0.6 is 0 Å². The monoisotopic (exact) mass is 223 g/mol. The third-order valence-electron chi connectivity index (χ3n) is 2.30. The van der Waals surface area contributed by atoms with Crippen molar-refractivity contribution in [1.82, 2.24) is 4.90 Å². The van der Waals surface area contributed by atoms with Crippen LogP contribution in [-0.2, 0) is 0 Å². The van der Waals surface area contributed by atoms with E-state index in [4.69, 9.17) is 4.74 Å². The lowest BCUT2D eigenvalue weighted by atomic mass is 10.2. The maximum Gasteiger partial charge on any atom is 0.119 e. The quantitative estimate of drug-likeness (QED) is 0.759. The molecule has 0 aliphatic heterocycles. The van der Waals surface area contributed by atoms with Gasteiger partial charge >= 0.3 is 0 Å². The maximum absolute atomic E-state index is 5.59. The van der Waals surface area contributed by atoms with E-state index in [0.717, 1.165) is 25.4 Å². The van der Waals surface area contributed by atoms with Crippen LogP contribution in [0.4, 0.5) is 0 Å². The highest BCUT2D eigenvalue weighted by Crippen LogP contribution is 2.10. The first-order valence-corrected chi connectivity index (χ1v) is 6.10. The lowest BCUT2D eigenvalue weighted by Gasteiger charge is -2.14. The summed E-state index contributed by atoms with van der Waals surface area (Å²) in [6.07, 6.45) is 0.